The van der Waals surface area contributed by atoms with Crippen molar-refractivity contribution in [3.63, 3.8) is 0 Å². The van der Waals surface area contributed by atoms with Crippen LogP contribution in [0.2, 0.25) is 56.7 Å². The van der Waals surface area contributed by atoms with Gasteiger partial charge in [-0.05, 0) is 0 Å². The van der Waals surface area contributed by atoms with Gasteiger partial charge in [0.2, 0.25) is 0 Å². The lowest BCUT2D eigenvalue weighted by Crippen LogP contribution is -2.13. The molecule has 0 aromatic heterocycles. The van der Waals surface area contributed by atoms with E-state index in [2.05, 4.69) is 19.6 Å². The fourth-order valence-electron chi connectivity index (χ4n) is 1.91. The summed E-state index contributed by atoms with van der Waals surface area (Å²) in [6.07, 6.45) is 4.77. The van der Waals surface area contributed by atoms with Crippen LogP contribution in [-0.2, 0) is 0 Å². The highest BCUT2D eigenvalue weighted by molar-refractivity contribution is 6.62. The van der Waals surface area contributed by atoms with Gasteiger partial charge in [-0.15, -0.1) is 0 Å². The molecule has 0 saturated carbocycles. The van der Waals surface area contributed by atoms with Gasteiger partial charge in [-0.1, -0.05) is 56.7 Å². The zero-order valence-electron chi connectivity index (χ0n) is 9.94. The van der Waals surface area contributed by atoms with Crippen molar-refractivity contribution in [2.45, 2.75) is 56.7 Å². The van der Waals surface area contributed by atoms with E-state index in [4.69, 9.17) is 0 Å². The maximum absolute atomic E-state index is 2.46. The lowest BCUT2D eigenvalue weighted by Gasteiger charge is -2.11. The van der Waals surface area contributed by atoms with E-state index in [0.717, 1.165) is 6.71 Å². The van der Waals surface area contributed by atoms with Gasteiger partial charge in [-0.3, -0.25) is 0 Å². The van der Waals surface area contributed by atoms with Crippen molar-refractivity contribution >= 4 is 35.3 Å². The predicted octanol–water partition coefficient (Wildman–Crippen LogP) is 1.39. The quantitative estimate of drug-likeness (QED) is 0.525. The highest BCUT2D eigenvalue weighted by Gasteiger charge is 2.10. The highest BCUT2D eigenvalue weighted by atomic mass is 28.2. The first kappa shape index (κ1) is 13.7. The zero-order valence-corrected chi connectivity index (χ0v) is 14.2. The smallest absolute Gasteiger partial charge is 0.0770 e. The largest absolute Gasteiger partial charge is 0.138 e. The lowest BCUT2D eigenvalue weighted by molar-refractivity contribution is 1.21. The van der Waals surface area contributed by atoms with Gasteiger partial charge in [0.05, 0.1) is 0 Å². The Morgan fingerprint density at radius 3 is 1.23 bits per heavy atom. The van der Waals surface area contributed by atoms with Crippen molar-refractivity contribution in [2.75, 3.05) is 0 Å². The van der Waals surface area contributed by atoms with E-state index >= 15 is 0 Å². The first-order chi connectivity index (χ1) is 6.35. The summed E-state index contributed by atoms with van der Waals surface area (Å²) in [6, 6.07) is 4.84. The Balaban J connectivity index is 3.47. The summed E-state index contributed by atoms with van der Waals surface area (Å²) in [6.45, 7) is 8.52. The Bertz CT molecular complexity index is 81.8. The molecule has 0 spiro atoms. The normalized spacial score (nSPS) is 13.2. The molecule has 0 aromatic carbocycles. The molecule has 0 radical (unpaired) electrons. The Kier molecular flexibility index (Phi) is 11.4. The molecule has 0 amide bonds. The van der Waals surface area contributed by atoms with Crippen LogP contribution in [0.3, 0.4) is 0 Å². The summed E-state index contributed by atoms with van der Waals surface area (Å²) in [7, 11) is 1.04. The molecule has 4 heteroatoms. The van der Waals surface area contributed by atoms with E-state index in [1.807, 2.05) is 0 Å². The number of rotatable bonds is 9. The van der Waals surface area contributed by atoms with Crippen molar-refractivity contribution in [1.29, 1.82) is 0 Å². The van der Waals surface area contributed by atoms with Crippen LogP contribution >= 0.6 is 0 Å². The zero-order chi connectivity index (χ0) is 9.94. The summed E-state index contributed by atoms with van der Waals surface area (Å²) in [5.41, 5.74) is 0. The molecule has 0 N–H and O–H groups in total. The van der Waals surface area contributed by atoms with Gasteiger partial charge in [0.1, 0.15) is 6.71 Å². The highest BCUT2D eigenvalue weighted by Crippen LogP contribution is 2.13. The molecule has 0 atom stereocenters. The molecule has 0 unspecified atom stereocenters. The molecular formula is C9H27BSi3. The fraction of sp³-hybridized carbons (Fsp3) is 1.00. The van der Waals surface area contributed by atoms with Crippen LogP contribution in [0.1, 0.15) is 0 Å². The lowest BCUT2D eigenvalue weighted by atomic mass is 9.44. The minimum absolute atomic E-state index is 0.347. The molecule has 78 valence electrons. The molecule has 0 aromatic rings. The second-order valence-corrected chi connectivity index (χ2v) is 9.41. The van der Waals surface area contributed by atoms with Crippen LogP contribution in [0.25, 0.3) is 0 Å². The Hall–Kier alpha value is 0.716. The molecule has 0 rings (SSSR count). The SMILES string of the molecule is C[SiH2]CCB(CC[SiH2]C)CC[SiH2]C. The molecule has 0 aliphatic carbocycles. The van der Waals surface area contributed by atoms with Crippen LogP contribution in [0, 0.1) is 0 Å². The monoisotopic (exact) mass is 230 g/mol. The second kappa shape index (κ2) is 10.8. The van der Waals surface area contributed by atoms with E-state index in [9.17, 15) is 0 Å². The van der Waals surface area contributed by atoms with Crippen LogP contribution in [-0.4, -0.2) is 35.3 Å². The number of hydrogen-bond donors (Lipinski definition) is 0. The van der Waals surface area contributed by atoms with E-state index in [1.54, 1.807) is 37.1 Å². The first-order valence-corrected chi connectivity index (χ1v) is 13.6. The summed E-state index contributed by atoms with van der Waals surface area (Å²) >= 11 is 0. The van der Waals surface area contributed by atoms with Gasteiger partial charge in [0.25, 0.3) is 0 Å². The maximum atomic E-state index is 2.46. The van der Waals surface area contributed by atoms with Crippen molar-refractivity contribution in [2.24, 2.45) is 0 Å². The molecule has 0 aliphatic rings. The molecule has 0 bridgehead atoms. The average Bonchev–Trinajstić information content (AvgIpc) is 2.17. The molecule has 0 saturated heterocycles. The van der Waals surface area contributed by atoms with Gasteiger partial charge in [0, 0.05) is 28.6 Å². The summed E-state index contributed by atoms with van der Waals surface area (Å²) in [5, 5.41) is 0. The standard InChI is InChI=1S/C9H27BSi3/c1-11-7-4-10(5-8-12-2)6-9-13-3/h4-9,11-13H2,1-3H3. The van der Waals surface area contributed by atoms with Gasteiger partial charge in [-0.2, -0.15) is 0 Å². The van der Waals surface area contributed by atoms with E-state index in [-0.39, 0.29) is 0 Å². The summed E-state index contributed by atoms with van der Waals surface area (Å²) in [4.78, 5) is 0. The van der Waals surface area contributed by atoms with E-state index < -0.39 is 0 Å². The fourth-order valence-corrected chi connectivity index (χ4v) is 4.87. The van der Waals surface area contributed by atoms with Gasteiger partial charge in [-0.25, -0.2) is 0 Å². The Labute approximate surface area is 92.2 Å². The van der Waals surface area contributed by atoms with Crippen molar-refractivity contribution in [3.05, 3.63) is 0 Å². The molecule has 0 nitrogen and oxygen atoms in total. The third-order valence-corrected chi connectivity index (χ3v) is 6.24. The molecule has 0 aliphatic heterocycles. The topological polar surface area (TPSA) is 0 Å². The van der Waals surface area contributed by atoms with Gasteiger partial charge >= 0.3 is 0 Å². The average molecular weight is 230 g/mol. The summed E-state index contributed by atoms with van der Waals surface area (Å²) in [5.74, 6) is 0. The molecule has 13 heavy (non-hydrogen) atoms. The predicted molar refractivity (Wildman–Crippen MR) is 77.8 cm³/mol. The third-order valence-electron chi connectivity index (χ3n) is 2.90. The summed E-state index contributed by atoms with van der Waals surface area (Å²) < 4.78 is 0. The van der Waals surface area contributed by atoms with E-state index in [1.165, 1.54) is 0 Å². The Morgan fingerprint density at radius 1 is 0.692 bits per heavy atom. The Morgan fingerprint density at radius 2 is 1.00 bits per heavy atom. The first-order valence-electron chi connectivity index (χ1n) is 6.35. The molecule has 0 fully saturated rings. The van der Waals surface area contributed by atoms with Crippen LogP contribution in [0.15, 0.2) is 0 Å². The second-order valence-electron chi connectivity index (χ2n) is 4.29. The van der Waals surface area contributed by atoms with Crippen LogP contribution < -0.4 is 0 Å². The van der Waals surface area contributed by atoms with Crippen LogP contribution in [0.4, 0.5) is 0 Å². The number of hydrogen-bond acceptors (Lipinski definition) is 0. The maximum Gasteiger partial charge on any atom is 0.138 e. The molecular weight excluding hydrogens is 203 g/mol. The van der Waals surface area contributed by atoms with Crippen molar-refractivity contribution in [1.82, 2.24) is 0 Å². The minimum Gasteiger partial charge on any atom is -0.0770 e. The van der Waals surface area contributed by atoms with E-state index in [0.29, 0.717) is 28.6 Å². The molecule has 0 heterocycles. The van der Waals surface area contributed by atoms with Crippen molar-refractivity contribution in [3.8, 4) is 0 Å². The van der Waals surface area contributed by atoms with Gasteiger partial charge < -0.3 is 0 Å². The van der Waals surface area contributed by atoms with Gasteiger partial charge in [0.15, 0.2) is 0 Å². The van der Waals surface area contributed by atoms with Crippen LogP contribution in [0.5, 0.6) is 0 Å². The van der Waals surface area contributed by atoms with Crippen molar-refractivity contribution < 1.29 is 0 Å². The third kappa shape index (κ3) is 9.03. The minimum atomic E-state index is 0.347.